The molecular weight excluding hydrogens is 342 g/mol. The van der Waals surface area contributed by atoms with Crippen LogP contribution >= 0.6 is 11.8 Å². The molecule has 25 heavy (non-hydrogen) atoms. The number of esters is 1. The van der Waals surface area contributed by atoms with E-state index in [0.29, 0.717) is 25.2 Å². The van der Waals surface area contributed by atoms with E-state index >= 15 is 0 Å². The molecule has 0 radical (unpaired) electrons. The molecule has 0 bridgehead atoms. The summed E-state index contributed by atoms with van der Waals surface area (Å²) in [6.45, 7) is 6.22. The summed E-state index contributed by atoms with van der Waals surface area (Å²) in [6.07, 6.45) is 1.81. The van der Waals surface area contributed by atoms with Crippen molar-refractivity contribution in [3.63, 3.8) is 0 Å². The third kappa shape index (κ3) is 4.37. The van der Waals surface area contributed by atoms with E-state index in [1.807, 2.05) is 13.8 Å². The van der Waals surface area contributed by atoms with Gasteiger partial charge in [0.25, 0.3) is 0 Å². The molecule has 140 valence electrons. The number of Topliss-reactive ketones (excluding diaryl/α,β-unsaturated/α-hetero) is 1. The van der Waals surface area contributed by atoms with Crippen LogP contribution in [-0.4, -0.2) is 46.8 Å². The summed E-state index contributed by atoms with van der Waals surface area (Å²) in [4.78, 5) is 30.3. The van der Waals surface area contributed by atoms with E-state index < -0.39 is 5.41 Å². The normalized spacial score (nSPS) is 27.2. The van der Waals surface area contributed by atoms with Crippen LogP contribution in [0.25, 0.3) is 0 Å². The molecule has 2 aliphatic rings. The lowest BCUT2D eigenvalue weighted by Crippen LogP contribution is -2.36. The van der Waals surface area contributed by atoms with Gasteiger partial charge in [0.15, 0.2) is 5.78 Å². The second-order valence-corrected chi connectivity index (χ2v) is 7.79. The molecule has 6 nitrogen and oxygen atoms in total. The molecular formula is C18H27NO5S. The van der Waals surface area contributed by atoms with Crippen LogP contribution in [0.2, 0.25) is 0 Å². The predicted molar refractivity (Wildman–Crippen MR) is 97.8 cm³/mol. The number of hydrogen-bond acceptors (Lipinski definition) is 7. The van der Waals surface area contributed by atoms with E-state index in [1.165, 1.54) is 0 Å². The van der Waals surface area contributed by atoms with E-state index in [1.54, 1.807) is 11.8 Å². The number of thioether (sulfide) groups is 1. The Hall–Kier alpha value is -1.50. The molecule has 2 rings (SSSR count). The van der Waals surface area contributed by atoms with E-state index in [0.717, 1.165) is 17.9 Å². The molecule has 1 fully saturated rings. The zero-order chi connectivity index (χ0) is 18.4. The summed E-state index contributed by atoms with van der Waals surface area (Å²) < 4.78 is 5.46. The van der Waals surface area contributed by atoms with Crippen molar-refractivity contribution in [1.29, 1.82) is 0 Å². The average molecular weight is 369 g/mol. The average Bonchev–Trinajstić information content (AvgIpc) is 2.85. The highest BCUT2D eigenvalue weighted by atomic mass is 32.2. The van der Waals surface area contributed by atoms with Crippen LogP contribution in [0, 0.1) is 5.41 Å². The smallest absolute Gasteiger partial charge is 0.313 e. The van der Waals surface area contributed by atoms with Gasteiger partial charge in [-0.05, 0) is 19.1 Å². The Morgan fingerprint density at radius 1 is 1.36 bits per heavy atom. The van der Waals surface area contributed by atoms with Gasteiger partial charge in [0.05, 0.1) is 16.7 Å². The molecule has 1 spiro atoms. The minimum Gasteiger partial charge on any atom is -0.511 e. The molecule has 1 aliphatic carbocycles. The quantitative estimate of drug-likeness (QED) is 0.401. The van der Waals surface area contributed by atoms with E-state index in [9.17, 15) is 14.7 Å². The standard InChI is InChI=1S/C18H27NO5S/c1-4-7-13(19-23-5-2)16-14(20)9-18(10-15(16)21)8-12(11-25-6-3)24-17(18)22/h12,20H,4-11H2,1-3H3. The Labute approximate surface area is 153 Å². The highest BCUT2D eigenvalue weighted by Gasteiger charge is 2.53. The molecule has 0 saturated carbocycles. The van der Waals surface area contributed by atoms with Crippen LogP contribution in [0.4, 0.5) is 0 Å². The van der Waals surface area contributed by atoms with E-state index in [2.05, 4.69) is 12.1 Å². The van der Waals surface area contributed by atoms with Crippen LogP contribution < -0.4 is 0 Å². The molecule has 1 saturated heterocycles. The largest absolute Gasteiger partial charge is 0.511 e. The van der Waals surface area contributed by atoms with Crippen molar-refractivity contribution >= 4 is 29.2 Å². The first-order valence-corrected chi connectivity index (χ1v) is 10.1. The number of ketones is 1. The van der Waals surface area contributed by atoms with Gasteiger partial charge < -0.3 is 14.7 Å². The number of nitrogens with zero attached hydrogens (tertiary/aromatic N) is 1. The number of cyclic esters (lactones) is 1. The minimum absolute atomic E-state index is 0.0629. The van der Waals surface area contributed by atoms with Crippen molar-refractivity contribution in [3.8, 4) is 0 Å². The monoisotopic (exact) mass is 369 g/mol. The summed E-state index contributed by atoms with van der Waals surface area (Å²) in [7, 11) is 0. The van der Waals surface area contributed by atoms with Crippen molar-refractivity contribution in [2.24, 2.45) is 10.6 Å². The van der Waals surface area contributed by atoms with Gasteiger partial charge in [0, 0.05) is 25.0 Å². The Bertz CT molecular complexity index is 586. The fourth-order valence-electron chi connectivity index (χ4n) is 3.42. The molecule has 2 unspecified atom stereocenters. The van der Waals surface area contributed by atoms with Gasteiger partial charge >= 0.3 is 5.97 Å². The number of ether oxygens (including phenoxy) is 1. The first-order valence-electron chi connectivity index (χ1n) is 8.90. The molecule has 1 aliphatic heterocycles. The number of carbonyl (C=O) groups excluding carboxylic acids is 2. The SMILES string of the molecule is CCCC(=NOCC)C1=C(O)CC2(CC1=O)CC(CSCC)OC2=O. The molecule has 1 heterocycles. The number of hydrogen-bond donors (Lipinski definition) is 1. The lowest BCUT2D eigenvalue weighted by Gasteiger charge is -2.29. The number of aliphatic hydroxyl groups is 1. The zero-order valence-corrected chi connectivity index (χ0v) is 16.0. The third-order valence-electron chi connectivity index (χ3n) is 4.48. The molecule has 0 aromatic carbocycles. The summed E-state index contributed by atoms with van der Waals surface area (Å²) in [5.74, 6) is 0.985. The first-order chi connectivity index (χ1) is 12.0. The summed E-state index contributed by atoms with van der Waals surface area (Å²) >= 11 is 1.71. The Morgan fingerprint density at radius 2 is 2.12 bits per heavy atom. The third-order valence-corrected chi connectivity index (χ3v) is 5.50. The van der Waals surface area contributed by atoms with Crippen molar-refractivity contribution in [3.05, 3.63) is 11.3 Å². The van der Waals surface area contributed by atoms with E-state index in [4.69, 9.17) is 9.57 Å². The zero-order valence-electron chi connectivity index (χ0n) is 15.2. The fourth-order valence-corrected chi connectivity index (χ4v) is 4.10. The van der Waals surface area contributed by atoms with E-state index in [-0.39, 0.29) is 42.0 Å². The summed E-state index contributed by atoms with van der Waals surface area (Å²) in [5, 5.41) is 14.6. The molecule has 7 heteroatoms. The number of rotatable bonds is 8. The molecule has 1 N–H and O–H groups in total. The number of oxime groups is 1. The number of aliphatic hydroxyl groups excluding tert-OH is 1. The van der Waals surface area contributed by atoms with Gasteiger partial charge in [0.1, 0.15) is 18.5 Å². The van der Waals surface area contributed by atoms with Crippen LogP contribution in [0.15, 0.2) is 16.5 Å². The first kappa shape index (κ1) is 19.8. The van der Waals surface area contributed by atoms with Crippen LogP contribution in [0.3, 0.4) is 0 Å². The van der Waals surface area contributed by atoms with Crippen molar-refractivity contribution in [1.82, 2.24) is 0 Å². The van der Waals surface area contributed by atoms with Crippen LogP contribution in [0.5, 0.6) is 0 Å². The second kappa shape index (κ2) is 8.74. The van der Waals surface area contributed by atoms with Crippen LogP contribution in [-0.2, 0) is 19.2 Å². The maximum atomic E-state index is 12.7. The topological polar surface area (TPSA) is 85.2 Å². The maximum absolute atomic E-state index is 12.7. The van der Waals surface area contributed by atoms with Gasteiger partial charge in [-0.2, -0.15) is 11.8 Å². The molecule has 0 aromatic rings. The minimum atomic E-state index is -0.924. The Kier molecular flexibility index (Phi) is 6.93. The second-order valence-electron chi connectivity index (χ2n) is 6.48. The molecule has 0 amide bonds. The van der Waals surface area contributed by atoms with Gasteiger partial charge in [-0.25, -0.2) is 0 Å². The van der Waals surface area contributed by atoms with Gasteiger partial charge in [0.2, 0.25) is 0 Å². The highest BCUT2D eigenvalue weighted by Crippen LogP contribution is 2.47. The van der Waals surface area contributed by atoms with Gasteiger partial charge in [-0.3, -0.25) is 9.59 Å². The predicted octanol–water partition coefficient (Wildman–Crippen LogP) is 3.41. The maximum Gasteiger partial charge on any atom is 0.313 e. The highest BCUT2D eigenvalue weighted by molar-refractivity contribution is 7.99. The van der Waals surface area contributed by atoms with Crippen molar-refractivity contribution in [2.75, 3.05) is 18.1 Å². The number of allylic oxidation sites excluding steroid dienone is 2. The Morgan fingerprint density at radius 3 is 2.72 bits per heavy atom. The summed E-state index contributed by atoms with van der Waals surface area (Å²) in [6, 6.07) is 0. The number of carbonyl (C=O) groups is 2. The van der Waals surface area contributed by atoms with Gasteiger partial charge in [-0.1, -0.05) is 25.4 Å². The Balaban J connectivity index is 2.24. The molecule has 0 aromatic heterocycles. The molecule has 2 atom stereocenters. The van der Waals surface area contributed by atoms with Crippen molar-refractivity contribution < 1.29 is 24.3 Å². The fraction of sp³-hybridized carbons (Fsp3) is 0.722. The van der Waals surface area contributed by atoms with Crippen LogP contribution in [0.1, 0.15) is 52.9 Å². The lowest BCUT2D eigenvalue weighted by molar-refractivity contribution is -0.150. The lowest BCUT2D eigenvalue weighted by atomic mass is 9.70. The van der Waals surface area contributed by atoms with Crippen molar-refractivity contribution in [2.45, 2.75) is 59.0 Å². The summed E-state index contributed by atoms with van der Waals surface area (Å²) in [5.41, 5.74) is -0.238. The van der Waals surface area contributed by atoms with Gasteiger partial charge in [-0.15, -0.1) is 0 Å².